The number of likely N-dealkylation sites (tertiary alicyclic amines) is 1. The van der Waals surface area contributed by atoms with Crippen molar-refractivity contribution in [2.75, 3.05) is 6.54 Å². The van der Waals surface area contributed by atoms with E-state index in [0.29, 0.717) is 13.1 Å². The van der Waals surface area contributed by atoms with Gasteiger partial charge in [0.2, 0.25) is 11.8 Å². The van der Waals surface area contributed by atoms with Crippen LogP contribution < -0.4 is 5.32 Å². The number of carbonyl (C=O) groups excluding carboxylic acids is 2. The van der Waals surface area contributed by atoms with Crippen molar-refractivity contribution in [1.82, 2.24) is 15.2 Å². The summed E-state index contributed by atoms with van der Waals surface area (Å²) in [7, 11) is 0. The molecule has 2 atom stereocenters. The van der Waals surface area contributed by atoms with E-state index >= 15 is 0 Å². The van der Waals surface area contributed by atoms with Crippen LogP contribution in [0.4, 0.5) is 0 Å². The molecule has 0 radical (unpaired) electrons. The summed E-state index contributed by atoms with van der Waals surface area (Å²) in [6.07, 6.45) is 1.96. The molecule has 1 aromatic carbocycles. The van der Waals surface area contributed by atoms with Crippen LogP contribution in [0.25, 0.3) is 0 Å². The molecule has 0 bridgehead atoms. The summed E-state index contributed by atoms with van der Waals surface area (Å²) in [6, 6.07) is 13.4. The first-order chi connectivity index (χ1) is 12.0. The second-order valence-corrected chi connectivity index (χ2v) is 7.19. The average molecular weight is 402 g/mol. The number of amides is 2. The van der Waals surface area contributed by atoms with Crippen LogP contribution in [0.3, 0.4) is 0 Å². The van der Waals surface area contributed by atoms with Gasteiger partial charge in [0.1, 0.15) is 0 Å². The first kappa shape index (κ1) is 17.6. The number of nitrogens with one attached hydrogen (secondary N) is 1. The van der Waals surface area contributed by atoms with E-state index in [2.05, 4.69) is 26.2 Å². The van der Waals surface area contributed by atoms with Crippen molar-refractivity contribution in [3.63, 3.8) is 0 Å². The highest BCUT2D eigenvalue weighted by Gasteiger charge is 2.34. The summed E-state index contributed by atoms with van der Waals surface area (Å²) in [5.41, 5.74) is 1.87. The maximum atomic E-state index is 12.5. The molecule has 1 saturated heterocycles. The predicted octanol–water partition coefficient (Wildman–Crippen LogP) is 3.07. The number of carbonyl (C=O) groups is 2. The smallest absolute Gasteiger partial charge is 0.225 e. The van der Waals surface area contributed by atoms with Gasteiger partial charge < -0.3 is 10.2 Å². The predicted molar refractivity (Wildman–Crippen MR) is 98.5 cm³/mol. The van der Waals surface area contributed by atoms with E-state index in [4.69, 9.17) is 0 Å². The van der Waals surface area contributed by atoms with Crippen molar-refractivity contribution in [2.45, 2.75) is 25.9 Å². The maximum Gasteiger partial charge on any atom is 0.225 e. The zero-order chi connectivity index (χ0) is 17.8. The number of pyridine rings is 1. The van der Waals surface area contributed by atoms with Crippen LogP contribution in [0.5, 0.6) is 0 Å². The Labute approximate surface area is 155 Å². The summed E-state index contributed by atoms with van der Waals surface area (Å²) in [5.74, 6) is -0.386. The standard InChI is InChI=1S/C19H20BrN3O2/c1-13(14-5-7-16(20)8-6-14)22-19(25)15-10-18(24)23(11-15)12-17-4-2-3-9-21-17/h2-9,13,15H,10-12H2,1H3,(H,22,25)/t13-,15-/m0/s1. The second kappa shape index (κ2) is 7.78. The highest BCUT2D eigenvalue weighted by Crippen LogP contribution is 2.22. The zero-order valence-corrected chi connectivity index (χ0v) is 15.6. The fourth-order valence-electron chi connectivity index (χ4n) is 2.95. The topological polar surface area (TPSA) is 62.3 Å². The summed E-state index contributed by atoms with van der Waals surface area (Å²) >= 11 is 3.40. The molecule has 1 aromatic heterocycles. The van der Waals surface area contributed by atoms with Gasteiger partial charge >= 0.3 is 0 Å². The molecule has 5 nitrogen and oxygen atoms in total. The molecule has 0 aliphatic carbocycles. The van der Waals surface area contributed by atoms with Gasteiger partial charge in [0, 0.05) is 23.6 Å². The first-order valence-electron chi connectivity index (χ1n) is 8.26. The number of rotatable bonds is 5. The quantitative estimate of drug-likeness (QED) is 0.836. The molecule has 6 heteroatoms. The summed E-state index contributed by atoms with van der Waals surface area (Å²) in [4.78, 5) is 30.7. The number of hydrogen-bond donors (Lipinski definition) is 1. The maximum absolute atomic E-state index is 12.5. The fraction of sp³-hybridized carbons (Fsp3) is 0.316. The first-order valence-corrected chi connectivity index (χ1v) is 9.06. The lowest BCUT2D eigenvalue weighted by atomic mass is 10.1. The van der Waals surface area contributed by atoms with Crippen molar-refractivity contribution < 1.29 is 9.59 Å². The van der Waals surface area contributed by atoms with Crippen molar-refractivity contribution in [3.8, 4) is 0 Å². The van der Waals surface area contributed by atoms with E-state index in [1.54, 1.807) is 11.1 Å². The molecule has 25 heavy (non-hydrogen) atoms. The lowest BCUT2D eigenvalue weighted by molar-refractivity contribution is -0.129. The third-order valence-electron chi connectivity index (χ3n) is 4.39. The van der Waals surface area contributed by atoms with E-state index in [1.807, 2.05) is 49.4 Å². The van der Waals surface area contributed by atoms with Gasteiger partial charge in [-0.25, -0.2) is 0 Å². The lowest BCUT2D eigenvalue weighted by Gasteiger charge is -2.18. The molecule has 3 rings (SSSR count). The third kappa shape index (κ3) is 4.45. The lowest BCUT2D eigenvalue weighted by Crippen LogP contribution is -2.34. The number of aromatic nitrogens is 1. The molecule has 2 heterocycles. The minimum atomic E-state index is -0.311. The summed E-state index contributed by atoms with van der Waals surface area (Å²) in [6.45, 7) is 2.84. The zero-order valence-electron chi connectivity index (χ0n) is 14.0. The van der Waals surface area contributed by atoms with Crippen molar-refractivity contribution in [1.29, 1.82) is 0 Å². The molecular formula is C19H20BrN3O2. The van der Waals surface area contributed by atoms with Crippen molar-refractivity contribution >= 4 is 27.7 Å². The number of hydrogen-bond acceptors (Lipinski definition) is 3. The minimum absolute atomic E-state index is 0.00194. The van der Waals surface area contributed by atoms with Crippen LogP contribution in [0, 0.1) is 5.92 Å². The third-order valence-corrected chi connectivity index (χ3v) is 4.92. The highest BCUT2D eigenvalue weighted by atomic mass is 79.9. The van der Waals surface area contributed by atoms with Gasteiger partial charge in [0.05, 0.1) is 24.2 Å². The van der Waals surface area contributed by atoms with Gasteiger partial charge in [-0.15, -0.1) is 0 Å². The van der Waals surface area contributed by atoms with Crippen LogP contribution >= 0.6 is 15.9 Å². The van der Waals surface area contributed by atoms with Crippen LogP contribution in [-0.4, -0.2) is 28.2 Å². The molecular weight excluding hydrogens is 382 g/mol. The Balaban J connectivity index is 1.58. The van der Waals surface area contributed by atoms with Gasteiger partial charge in [0.15, 0.2) is 0 Å². The van der Waals surface area contributed by atoms with E-state index in [9.17, 15) is 9.59 Å². The molecule has 2 aromatic rings. The van der Waals surface area contributed by atoms with Crippen LogP contribution in [0.2, 0.25) is 0 Å². The minimum Gasteiger partial charge on any atom is -0.349 e. The van der Waals surface area contributed by atoms with E-state index < -0.39 is 0 Å². The molecule has 2 amide bonds. The Morgan fingerprint density at radius 3 is 2.76 bits per heavy atom. The van der Waals surface area contributed by atoms with Crippen LogP contribution in [-0.2, 0) is 16.1 Å². The number of halogens is 1. The van der Waals surface area contributed by atoms with Gasteiger partial charge in [-0.2, -0.15) is 0 Å². The van der Waals surface area contributed by atoms with E-state index in [1.165, 1.54) is 0 Å². The normalized spacial score (nSPS) is 18.2. The Bertz CT molecular complexity index is 749. The van der Waals surface area contributed by atoms with Crippen LogP contribution in [0.15, 0.2) is 53.1 Å². The largest absolute Gasteiger partial charge is 0.349 e. The van der Waals surface area contributed by atoms with Crippen molar-refractivity contribution in [3.05, 3.63) is 64.4 Å². The molecule has 1 aliphatic rings. The average Bonchev–Trinajstić information content (AvgIpc) is 2.97. The van der Waals surface area contributed by atoms with E-state index in [-0.39, 0.29) is 30.2 Å². The SMILES string of the molecule is C[C@H](NC(=O)[C@H]1CC(=O)N(Cc2ccccn2)C1)c1ccc(Br)cc1. The van der Waals surface area contributed by atoms with Crippen molar-refractivity contribution in [2.24, 2.45) is 5.92 Å². The Hall–Kier alpha value is -2.21. The monoisotopic (exact) mass is 401 g/mol. The summed E-state index contributed by atoms with van der Waals surface area (Å²) < 4.78 is 1.00. The van der Waals surface area contributed by atoms with Gasteiger partial charge in [-0.3, -0.25) is 14.6 Å². The Morgan fingerprint density at radius 1 is 1.32 bits per heavy atom. The molecule has 0 saturated carbocycles. The molecule has 130 valence electrons. The van der Waals surface area contributed by atoms with Gasteiger partial charge in [-0.1, -0.05) is 34.1 Å². The number of benzene rings is 1. The fourth-order valence-corrected chi connectivity index (χ4v) is 3.22. The molecule has 1 N–H and O–H groups in total. The van der Waals surface area contributed by atoms with E-state index in [0.717, 1.165) is 15.7 Å². The van der Waals surface area contributed by atoms with Gasteiger partial charge in [0.25, 0.3) is 0 Å². The molecule has 0 spiro atoms. The van der Waals surface area contributed by atoms with Gasteiger partial charge in [-0.05, 0) is 36.8 Å². The van der Waals surface area contributed by atoms with Crippen LogP contribution in [0.1, 0.15) is 30.6 Å². The molecule has 1 fully saturated rings. The summed E-state index contributed by atoms with van der Waals surface area (Å²) in [5, 5.41) is 3.01. The number of nitrogens with zero attached hydrogens (tertiary/aromatic N) is 2. The Kier molecular flexibility index (Phi) is 5.48. The molecule has 1 aliphatic heterocycles. The highest BCUT2D eigenvalue weighted by molar-refractivity contribution is 9.10. The Morgan fingerprint density at radius 2 is 2.08 bits per heavy atom. The second-order valence-electron chi connectivity index (χ2n) is 6.28. The molecule has 0 unspecified atom stereocenters.